The van der Waals surface area contributed by atoms with Crippen LogP contribution in [0.5, 0.6) is 0 Å². The van der Waals surface area contributed by atoms with E-state index >= 15 is 0 Å². The summed E-state index contributed by atoms with van der Waals surface area (Å²) in [7, 11) is 1.38. The maximum Gasteiger partial charge on any atom is 0.339 e. The molecule has 0 amide bonds. The Morgan fingerprint density at radius 3 is 3.11 bits per heavy atom. The Labute approximate surface area is 112 Å². The molecule has 3 rings (SSSR count). The first-order valence-corrected chi connectivity index (χ1v) is 6.75. The second-order valence-corrected chi connectivity index (χ2v) is 5.39. The third-order valence-electron chi connectivity index (χ3n) is 3.97. The number of carbonyl (C=O) groups is 1. The highest BCUT2D eigenvalue weighted by Crippen LogP contribution is 2.38. The van der Waals surface area contributed by atoms with Crippen LogP contribution < -0.4 is 5.32 Å². The molecule has 2 aliphatic carbocycles. The smallest absolute Gasteiger partial charge is 0.339 e. The van der Waals surface area contributed by atoms with E-state index in [4.69, 9.17) is 16.3 Å². The van der Waals surface area contributed by atoms with Crippen molar-refractivity contribution in [2.45, 2.75) is 37.8 Å². The number of hydrogen-bond acceptors (Lipinski definition) is 3. The van der Waals surface area contributed by atoms with E-state index in [1.807, 2.05) is 12.2 Å². The summed E-state index contributed by atoms with van der Waals surface area (Å²) in [5.74, 6) is -0.359. The Kier molecular flexibility index (Phi) is 3.04. The molecule has 18 heavy (non-hydrogen) atoms. The molecule has 1 heterocycles. The normalized spacial score (nSPS) is 30.3. The zero-order chi connectivity index (χ0) is 12.7. The summed E-state index contributed by atoms with van der Waals surface area (Å²) in [6, 6.07) is 0.636. The topological polar surface area (TPSA) is 38.3 Å². The largest absolute Gasteiger partial charge is 0.465 e. The van der Waals surface area contributed by atoms with Gasteiger partial charge < -0.3 is 10.1 Å². The standard InChI is InChI=1S/C14H16ClNO2/c1-18-14(17)10-6-9-8-4-2-3-5-12(8)16-13(9)7-11(10)15/h6-7,12-13,16H,2-5H2,1H3. The fourth-order valence-electron chi connectivity index (χ4n) is 3.10. The van der Waals surface area contributed by atoms with E-state index < -0.39 is 0 Å². The van der Waals surface area contributed by atoms with E-state index in [1.54, 1.807) is 0 Å². The van der Waals surface area contributed by atoms with Crippen molar-refractivity contribution < 1.29 is 9.53 Å². The minimum absolute atomic E-state index is 0.170. The van der Waals surface area contributed by atoms with Gasteiger partial charge in [-0.15, -0.1) is 0 Å². The SMILES string of the molecule is COC(=O)C1=CC2=C3CCCCC3NC2C=C1Cl. The van der Waals surface area contributed by atoms with Gasteiger partial charge in [0, 0.05) is 6.04 Å². The highest BCUT2D eigenvalue weighted by atomic mass is 35.5. The van der Waals surface area contributed by atoms with Crippen molar-refractivity contribution in [3.8, 4) is 0 Å². The molecule has 0 aromatic carbocycles. The van der Waals surface area contributed by atoms with Gasteiger partial charge >= 0.3 is 5.97 Å². The number of halogens is 1. The van der Waals surface area contributed by atoms with Gasteiger partial charge in [-0.3, -0.25) is 0 Å². The minimum atomic E-state index is -0.359. The van der Waals surface area contributed by atoms with Crippen molar-refractivity contribution in [3.05, 3.63) is 33.9 Å². The molecule has 1 fully saturated rings. The number of rotatable bonds is 1. The average molecular weight is 266 g/mol. The molecule has 0 spiro atoms. The first-order valence-electron chi connectivity index (χ1n) is 6.37. The average Bonchev–Trinajstić information content (AvgIpc) is 2.74. The molecule has 0 aromatic heterocycles. The second-order valence-electron chi connectivity index (χ2n) is 4.99. The van der Waals surface area contributed by atoms with E-state index in [2.05, 4.69) is 5.32 Å². The third kappa shape index (κ3) is 1.82. The van der Waals surface area contributed by atoms with Crippen molar-refractivity contribution in [1.82, 2.24) is 5.32 Å². The van der Waals surface area contributed by atoms with Crippen molar-refractivity contribution in [1.29, 1.82) is 0 Å². The molecule has 4 heteroatoms. The molecule has 3 nitrogen and oxygen atoms in total. The van der Waals surface area contributed by atoms with E-state index in [1.165, 1.54) is 37.5 Å². The summed E-state index contributed by atoms with van der Waals surface area (Å²) in [5.41, 5.74) is 3.16. The van der Waals surface area contributed by atoms with Crippen LogP contribution in [0.15, 0.2) is 33.9 Å². The first-order chi connectivity index (χ1) is 8.70. The van der Waals surface area contributed by atoms with Crippen LogP contribution in [0.1, 0.15) is 25.7 Å². The fourth-order valence-corrected chi connectivity index (χ4v) is 3.35. The van der Waals surface area contributed by atoms with Gasteiger partial charge in [-0.25, -0.2) is 4.79 Å². The van der Waals surface area contributed by atoms with Crippen molar-refractivity contribution in [2.75, 3.05) is 7.11 Å². The van der Waals surface area contributed by atoms with Gasteiger partial charge in [-0.2, -0.15) is 0 Å². The van der Waals surface area contributed by atoms with Gasteiger partial charge in [0.2, 0.25) is 0 Å². The van der Waals surface area contributed by atoms with Gasteiger partial charge in [0.1, 0.15) is 0 Å². The van der Waals surface area contributed by atoms with Crippen molar-refractivity contribution in [3.63, 3.8) is 0 Å². The lowest BCUT2D eigenvalue weighted by molar-refractivity contribution is -0.135. The Balaban J connectivity index is 2.00. The van der Waals surface area contributed by atoms with E-state index in [0.29, 0.717) is 16.6 Å². The summed E-state index contributed by atoms with van der Waals surface area (Å²) in [6.07, 6.45) is 8.65. The molecule has 0 aromatic rings. The van der Waals surface area contributed by atoms with Gasteiger partial charge in [-0.05, 0) is 42.6 Å². The van der Waals surface area contributed by atoms with Gasteiger partial charge in [0.05, 0.1) is 23.8 Å². The predicted octanol–water partition coefficient (Wildman–Crippen LogP) is 2.43. The summed E-state index contributed by atoms with van der Waals surface area (Å²) < 4.78 is 4.77. The second kappa shape index (κ2) is 4.56. The Bertz CT molecular complexity index is 490. The minimum Gasteiger partial charge on any atom is -0.465 e. The fraction of sp³-hybridized carbons (Fsp3) is 0.500. The van der Waals surface area contributed by atoms with Crippen LogP contribution in [-0.2, 0) is 9.53 Å². The Hall–Kier alpha value is -1.06. The van der Waals surface area contributed by atoms with Crippen LogP contribution in [-0.4, -0.2) is 25.2 Å². The lowest BCUT2D eigenvalue weighted by Crippen LogP contribution is -2.33. The van der Waals surface area contributed by atoms with Crippen LogP contribution in [0.3, 0.4) is 0 Å². The molecule has 1 saturated carbocycles. The number of methoxy groups -OCH3 is 1. The van der Waals surface area contributed by atoms with Gasteiger partial charge in [0.15, 0.2) is 0 Å². The molecule has 96 valence electrons. The quantitative estimate of drug-likeness (QED) is 0.740. The zero-order valence-corrected chi connectivity index (χ0v) is 11.1. The van der Waals surface area contributed by atoms with Crippen LogP contribution in [0.25, 0.3) is 0 Å². The monoisotopic (exact) mass is 265 g/mol. The molecule has 1 aliphatic heterocycles. The van der Waals surface area contributed by atoms with Crippen LogP contribution in [0.2, 0.25) is 0 Å². The Morgan fingerprint density at radius 1 is 1.50 bits per heavy atom. The van der Waals surface area contributed by atoms with Gasteiger partial charge in [0.25, 0.3) is 0 Å². The highest BCUT2D eigenvalue weighted by Gasteiger charge is 2.35. The molecule has 2 atom stereocenters. The van der Waals surface area contributed by atoms with E-state index in [0.717, 1.165) is 6.42 Å². The molecule has 0 bridgehead atoms. The zero-order valence-electron chi connectivity index (χ0n) is 10.3. The number of nitrogens with one attached hydrogen (secondary N) is 1. The number of fused-ring (bicyclic) bond motifs is 2. The van der Waals surface area contributed by atoms with Crippen LogP contribution >= 0.6 is 11.6 Å². The predicted molar refractivity (Wildman–Crippen MR) is 70.2 cm³/mol. The Morgan fingerprint density at radius 2 is 2.33 bits per heavy atom. The highest BCUT2D eigenvalue weighted by molar-refractivity contribution is 6.35. The molecular weight excluding hydrogens is 250 g/mol. The molecule has 0 radical (unpaired) electrons. The molecule has 2 unspecified atom stereocenters. The summed E-state index contributed by atoms with van der Waals surface area (Å²) in [4.78, 5) is 11.7. The summed E-state index contributed by atoms with van der Waals surface area (Å²) in [5, 5.41) is 4.06. The van der Waals surface area contributed by atoms with E-state index in [-0.39, 0.29) is 12.0 Å². The van der Waals surface area contributed by atoms with Crippen molar-refractivity contribution in [2.24, 2.45) is 0 Å². The molecule has 0 saturated heterocycles. The number of ether oxygens (including phenoxy) is 1. The summed E-state index contributed by atoms with van der Waals surface area (Å²) in [6.45, 7) is 0. The lowest BCUT2D eigenvalue weighted by atomic mass is 9.87. The van der Waals surface area contributed by atoms with Gasteiger partial charge in [-0.1, -0.05) is 18.0 Å². The number of carbonyl (C=O) groups excluding carboxylic acids is 1. The summed E-state index contributed by atoms with van der Waals surface area (Å²) >= 11 is 6.15. The number of hydrogen-bond donors (Lipinski definition) is 1. The maximum atomic E-state index is 11.7. The number of esters is 1. The molecule has 1 N–H and O–H groups in total. The first kappa shape index (κ1) is 12.0. The van der Waals surface area contributed by atoms with Crippen molar-refractivity contribution >= 4 is 17.6 Å². The van der Waals surface area contributed by atoms with Crippen LogP contribution in [0, 0.1) is 0 Å². The molecule has 3 aliphatic rings. The van der Waals surface area contributed by atoms with E-state index in [9.17, 15) is 4.79 Å². The third-order valence-corrected chi connectivity index (χ3v) is 4.30. The lowest BCUT2D eigenvalue weighted by Gasteiger charge is -2.21. The maximum absolute atomic E-state index is 11.7. The van der Waals surface area contributed by atoms with Crippen LogP contribution in [0.4, 0.5) is 0 Å². The molecular formula is C14H16ClNO2.